The third-order valence-corrected chi connectivity index (χ3v) is 6.54. The highest BCUT2D eigenvalue weighted by atomic mass is 16.9. The number of nitrogens with zero attached hydrogens (tertiary/aromatic N) is 4. The molecule has 6 rings (SSSR count). The standard InChI is InChI=1S/C25H34N6O6/c1-24(2)34-17-16(33-20-19(18(17)35-24)36-25(3,4)37-20)13-32-23-30-21(29-22(31-23)28-15-8-9-15)27-12-10-14-7-5-6-11-26-14/h5-7,11,15-20H,8-10,12-13H2,1-4H3,(H2,27,28,29,30,31)/t16-,17+,18+,19-,20-/m1/s1. The third-order valence-electron chi connectivity index (χ3n) is 6.54. The predicted molar refractivity (Wildman–Crippen MR) is 131 cm³/mol. The Labute approximate surface area is 215 Å². The minimum absolute atomic E-state index is 0.147. The maximum Gasteiger partial charge on any atom is 0.323 e. The molecule has 1 aliphatic carbocycles. The molecule has 0 spiro atoms. The fourth-order valence-electron chi connectivity index (χ4n) is 4.81. The lowest BCUT2D eigenvalue weighted by atomic mass is 9.99. The number of aromatic nitrogens is 4. The number of hydrogen-bond donors (Lipinski definition) is 2. The first kappa shape index (κ1) is 24.7. The first-order valence-corrected chi connectivity index (χ1v) is 12.9. The zero-order valence-electron chi connectivity index (χ0n) is 21.5. The lowest BCUT2D eigenvalue weighted by Crippen LogP contribution is -2.56. The summed E-state index contributed by atoms with van der Waals surface area (Å²) in [5, 5.41) is 6.58. The molecule has 2 N–H and O–H groups in total. The number of rotatable bonds is 9. The SMILES string of the molecule is CC1(C)O[C@H]2[C@@H](O1)[C@@H](COc1nc(NCCc3ccccn3)nc(NC3CC3)n1)O[C@@H]1OC(C)(C)O[C@@H]12. The number of ether oxygens (including phenoxy) is 6. The van der Waals surface area contributed by atoms with Crippen molar-refractivity contribution in [3.8, 4) is 6.01 Å². The summed E-state index contributed by atoms with van der Waals surface area (Å²) in [6.45, 7) is 8.24. The van der Waals surface area contributed by atoms with Crippen LogP contribution in [0.15, 0.2) is 24.4 Å². The zero-order chi connectivity index (χ0) is 25.6. The molecule has 0 amide bonds. The lowest BCUT2D eigenvalue weighted by molar-refractivity contribution is -0.238. The molecule has 2 aromatic heterocycles. The van der Waals surface area contributed by atoms with Crippen molar-refractivity contribution in [2.24, 2.45) is 0 Å². The Balaban J connectivity index is 1.14. The molecule has 200 valence electrons. The smallest absolute Gasteiger partial charge is 0.323 e. The molecule has 1 saturated carbocycles. The molecular weight excluding hydrogens is 480 g/mol. The highest BCUT2D eigenvalue weighted by molar-refractivity contribution is 5.37. The Kier molecular flexibility index (Phi) is 6.40. The van der Waals surface area contributed by atoms with E-state index in [2.05, 4.69) is 30.6 Å². The quantitative estimate of drug-likeness (QED) is 0.509. The summed E-state index contributed by atoms with van der Waals surface area (Å²) < 4.78 is 36.7. The average molecular weight is 515 g/mol. The summed E-state index contributed by atoms with van der Waals surface area (Å²) in [6, 6.07) is 6.44. The Morgan fingerprint density at radius 3 is 2.46 bits per heavy atom. The van der Waals surface area contributed by atoms with E-state index in [1.54, 1.807) is 6.20 Å². The Morgan fingerprint density at radius 2 is 1.68 bits per heavy atom. The molecule has 2 aromatic rings. The number of anilines is 2. The largest absolute Gasteiger partial charge is 0.460 e. The van der Waals surface area contributed by atoms with Gasteiger partial charge >= 0.3 is 6.01 Å². The maximum absolute atomic E-state index is 6.24. The zero-order valence-corrected chi connectivity index (χ0v) is 21.5. The average Bonchev–Trinajstić information content (AvgIpc) is 3.51. The molecule has 0 unspecified atom stereocenters. The molecule has 37 heavy (non-hydrogen) atoms. The second-order valence-electron chi connectivity index (χ2n) is 10.7. The Hall–Kier alpha value is -2.64. The van der Waals surface area contributed by atoms with Crippen molar-refractivity contribution in [2.75, 3.05) is 23.8 Å². The van der Waals surface area contributed by atoms with Crippen LogP contribution in [0.1, 0.15) is 46.2 Å². The summed E-state index contributed by atoms with van der Waals surface area (Å²) in [7, 11) is 0. The van der Waals surface area contributed by atoms with Crippen LogP contribution in [-0.2, 0) is 30.1 Å². The van der Waals surface area contributed by atoms with E-state index >= 15 is 0 Å². The normalized spacial score (nSPS) is 31.4. The van der Waals surface area contributed by atoms with Crippen molar-refractivity contribution in [3.63, 3.8) is 0 Å². The van der Waals surface area contributed by atoms with Gasteiger partial charge in [-0.05, 0) is 52.7 Å². The van der Waals surface area contributed by atoms with E-state index in [-0.39, 0.29) is 24.8 Å². The van der Waals surface area contributed by atoms with Crippen LogP contribution in [0, 0.1) is 0 Å². The molecule has 5 heterocycles. The second kappa shape index (κ2) is 9.59. The van der Waals surface area contributed by atoms with E-state index in [9.17, 15) is 0 Å². The van der Waals surface area contributed by atoms with Crippen LogP contribution in [0.5, 0.6) is 6.01 Å². The fourth-order valence-corrected chi connectivity index (χ4v) is 4.81. The number of hydrogen-bond acceptors (Lipinski definition) is 12. The van der Waals surface area contributed by atoms with Crippen LogP contribution >= 0.6 is 0 Å². The Bertz CT molecular complexity index is 1100. The molecule has 3 saturated heterocycles. The van der Waals surface area contributed by atoms with Crippen LogP contribution in [-0.4, -0.2) is 81.4 Å². The van der Waals surface area contributed by atoms with E-state index in [0.29, 0.717) is 24.5 Å². The van der Waals surface area contributed by atoms with Crippen molar-refractivity contribution >= 4 is 11.9 Å². The minimum Gasteiger partial charge on any atom is -0.460 e. The van der Waals surface area contributed by atoms with E-state index in [4.69, 9.17) is 28.4 Å². The van der Waals surface area contributed by atoms with Gasteiger partial charge in [0.05, 0.1) is 0 Å². The monoisotopic (exact) mass is 514 g/mol. The van der Waals surface area contributed by atoms with Crippen LogP contribution in [0.3, 0.4) is 0 Å². The summed E-state index contributed by atoms with van der Waals surface area (Å²) in [6.07, 6.45) is 2.52. The van der Waals surface area contributed by atoms with Gasteiger partial charge in [0.25, 0.3) is 0 Å². The van der Waals surface area contributed by atoms with E-state index < -0.39 is 30.1 Å². The highest BCUT2D eigenvalue weighted by Crippen LogP contribution is 2.44. The van der Waals surface area contributed by atoms with Crippen molar-refractivity contribution in [1.82, 2.24) is 19.9 Å². The van der Waals surface area contributed by atoms with Crippen molar-refractivity contribution in [1.29, 1.82) is 0 Å². The number of pyridine rings is 1. The molecule has 4 fully saturated rings. The summed E-state index contributed by atoms with van der Waals surface area (Å²) in [4.78, 5) is 17.8. The molecule has 12 nitrogen and oxygen atoms in total. The molecule has 0 aromatic carbocycles. The van der Waals surface area contributed by atoms with Crippen molar-refractivity contribution < 1.29 is 28.4 Å². The van der Waals surface area contributed by atoms with Crippen LogP contribution in [0.4, 0.5) is 11.9 Å². The molecule has 0 bridgehead atoms. The summed E-state index contributed by atoms with van der Waals surface area (Å²) >= 11 is 0. The van der Waals surface area contributed by atoms with Gasteiger partial charge in [0.1, 0.15) is 31.0 Å². The predicted octanol–water partition coefficient (Wildman–Crippen LogP) is 2.27. The van der Waals surface area contributed by atoms with Gasteiger partial charge in [0.15, 0.2) is 17.9 Å². The van der Waals surface area contributed by atoms with Gasteiger partial charge in [-0.25, -0.2) is 0 Å². The second-order valence-corrected chi connectivity index (χ2v) is 10.7. The van der Waals surface area contributed by atoms with Gasteiger partial charge < -0.3 is 39.1 Å². The topological polar surface area (TPSA) is 131 Å². The highest BCUT2D eigenvalue weighted by Gasteiger charge is 2.60. The van der Waals surface area contributed by atoms with Gasteiger partial charge in [-0.1, -0.05) is 6.07 Å². The molecular formula is C25H34N6O6. The third kappa shape index (κ3) is 5.78. The Morgan fingerprint density at radius 1 is 0.919 bits per heavy atom. The lowest BCUT2D eigenvalue weighted by Gasteiger charge is -2.36. The first-order chi connectivity index (χ1) is 17.7. The van der Waals surface area contributed by atoms with Crippen LogP contribution in [0.2, 0.25) is 0 Å². The van der Waals surface area contributed by atoms with Crippen LogP contribution in [0.25, 0.3) is 0 Å². The molecule has 0 radical (unpaired) electrons. The van der Waals surface area contributed by atoms with Crippen LogP contribution < -0.4 is 15.4 Å². The summed E-state index contributed by atoms with van der Waals surface area (Å²) in [5.41, 5.74) is 0.988. The fraction of sp³-hybridized carbons (Fsp3) is 0.680. The van der Waals surface area contributed by atoms with Crippen molar-refractivity contribution in [3.05, 3.63) is 30.1 Å². The molecule has 4 aliphatic rings. The van der Waals surface area contributed by atoms with Gasteiger partial charge in [0.2, 0.25) is 11.9 Å². The van der Waals surface area contributed by atoms with Gasteiger partial charge in [-0.3, -0.25) is 4.98 Å². The number of nitrogens with one attached hydrogen (secondary N) is 2. The number of fused-ring (bicyclic) bond motifs is 3. The maximum atomic E-state index is 6.24. The van der Waals surface area contributed by atoms with Gasteiger partial charge in [0, 0.05) is 30.9 Å². The summed E-state index contributed by atoms with van der Waals surface area (Å²) in [5.74, 6) is -0.644. The molecule has 3 aliphatic heterocycles. The van der Waals surface area contributed by atoms with E-state index in [1.807, 2.05) is 45.9 Å². The van der Waals surface area contributed by atoms with Gasteiger partial charge in [-0.2, -0.15) is 15.0 Å². The van der Waals surface area contributed by atoms with Gasteiger partial charge in [-0.15, -0.1) is 0 Å². The first-order valence-electron chi connectivity index (χ1n) is 12.9. The van der Waals surface area contributed by atoms with E-state index in [0.717, 1.165) is 25.0 Å². The minimum atomic E-state index is -0.779. The van der Waals surface area contributed by atoms with E-state index in [1.165, 1.54) is 0 Å². The molecule has 5 atom stereocenters. The van der Waals surface area contributed by atoms with Crippen molar-refractivity contribution in [2.45, 2.75) is 95.3 Å². The molecule has 12 heteroatoms.